The Morgan fingerprint density at radius 3 is 2.36 bits per heavy atom. The van der Waals surface area contributed by atoms with E-state index in [0.717, 1.165) is 5.56 Å². The zero-order valence-corrected chi connectivity index (χ0v) is 9.02. The lowest BCUT2D eigenvalue weighted by molar-refractivity contribution is 0.405. The lowest BCUT2D eigenvalue weighted by atomic mass is 9.93. The van der Waals surface area contributed by atoms with Crippen molar-refractivity contribution in [2.24, 2.45) is 5.73 Å². The maximum absolute atomic E-state index is 13.6. The first-order valence-electron chi connectivity index (χ1n) is 4.49. The Labute approximate surface area is 83.9 Å². The van der Waals surface area contributed by atoms with Gasteiger partial charge >= 0.3 is 0 Å². The number of halogens is 1. The monoisotopic (exact) mass is 197 g/mol. The van der Waals surface area contributed by atoms with Gasteiger partial charge < -0.3 is 10.5 Å². The molecule has 0 spiro atoms. The molecule has 3 heteroatoms. The van der Waals surface area contributed by atoms with Gasteiger partial charge in [-0.25, -0.2) is 4.39 Å². The van der Waals surface area contributed by atoms with Crippen LogP contribution in [0.25, 0.3) is 0 Å². The number of benzene rings is 1. The average Bonchev–Trinajstić information content (AvgIpc) is 2.06. The second-order valence-corrected chi connectivity index (χ2v) is 4.02. The fraction of sp³-hybridized carbons (Fsp3) is 0.455. The molecule has 2 nitrogen and oxygen atoms in total. The molecule has 0 bridgehead atoms. The van der Waals surface area contributed by atoms with Gasteiger partial charge in [-0.1, -0.05) is 0 Å². The quantitative estimate of drug-likeness (QED) is 0.789. The van der Waals surface area contributed by atoms with Gasteiger partial charge in [0.05, 0.1) is 7.11 Å². The average molecular weight is 197 g/mol. The Morgan fingerprint density at radius 1 is 1.36 bits per heavy atom. The molecule has 0 saturated carbocycles. The molecule has 0 unspecified atom stereocenters. The second-order valence-electron chi connectivity index (χ2n) is 4.02. The van der Waals surface area contributed by atoms with Gasteiger partial charge in [0.2, 0.25) is 0 Å². The van der Waals surface area contributed by atoms with E-state index in [1.54, 1.807) is 19.9 Å². The maximum atomic E-state index is 13.6. The predicted octanol–water partition coefficient (Wildman–Crippen LogP) is 2.34. The van der Waals surface area contributed by atoms with E-state index in [2.05, 4.69) is 0 Å². The summed E-state index contributed by atoms with van der Waals surface area (Å²) < 4.78 is 18.6. The molecule has 1 aromatic rings. The minimum Gasteiger partial charge on any atom is -0.496 e. The third-order valence-corrected chi connectivity index (χ3v) is 2.18. The number of hydrogen-bond acceptors (Lipinski definition) is 2. The van der Waals surface area contributed by atoms with E-state index in [0.29, 0.717) is 11.3 Å². The minimum absolute atomic E-state index is 0.319. The smallest absolute Gasteiger partial charge is 0.131 e. The van der Waals surface area contributed by atoms with E-state index in [1.807, 2.05) is 6.92 Å². The summed E-state index contributed by atoms with van der Waals surface area (Å²) in [4.78, 5) is 0. The van der Waals surface area contributed by atoms with Gasteiger partial charge in [0.15, 0.2) is 0 Å². The zero-order valence-electron chi connectivity index (χ0n) is 9.02. The van der Waals surface area contributed by atoms with Crippen LogP contribution in [-0.2, 0) is 5.54 Å². The third-order valence-electron chi connectivity index (χ3n) is 2.18. The molecule has 14 heavy (non-hydrogen) atoms. The number of aryl methyl sites for hydroxylation is 1. The van der Waals surface area contributed by atoms with Gasteiger partial charge in [-0.05, 0) is 32.4 Å². The lowest BCUT2D eigenvalue weighted by Gasteiger charge is -2.21. The van der Waals surface area contributed by atoms with Crippen molar-refractivity contribution in [2.45, 2.75) is 26.3 Å². The Morgan fingerprint density at radius 2 is 1.93 bits per heavy atom. The number of ether oxygens (including phenoxy) is 1. The molecule has 0 aliphatic carbocycles. The second kappa shape index (κ2) is 3.58. The van der Waals surface area contributed by atoms with Crippen LogP contribution in [0.2, 0.25) is 0 Å². The SMILES string of the molecule is COc1cc(F)c(C(C)(C)N)cc1C. The van der Waals surface area contributed by atoms with E-state index >= 15 is 0 Å². The Hall–Kier alpha value is -1.09. The van der Waals surface area contributed by atoms with E-state index < -0.39 is 5.54 Å². The van der Waals surface area contributed by atoms with Crippen molar-refractivity contribution >= 4 is 0 Å². The molecule has 0 aliphatic heterocycles. The summed E-state index contributed by atoms with van der Waals surface area (Å²) in [5.41, 5.74) is 6.57. The first kappa shape index (κ1) is 11.0. The summed E-state index contributed by atoms with van der Waals surface area (Å²) in [6.07, 6.45) is 0. The van der Waals surface area contributed by atoms with Crippen LogP contribution in [0.5, 0.6) is 5.75 Å². The maximum Gasteiger partial charge on any atom is 0.131 e. The molecule has 0 heterocycles. The minimum atomic E-state index is -0.666. The van der Waals surface area contributed by atoms with Crippen molar-refractivity contribution in [3.05, 3.63) is 29.1 Å². The van der Waals surface area contributed by atoms with Crippen LogP contribution in [0.1, 0.15) is 25.0 Å². The normalized spacial score (nSPS) is 11.6. The molecule has 0 saturated heterocycles. The first-order chi connectivity index (χ1) is 6.36. The first-order valence-corrected chi connectivity index (χ1v) is 4.49. The van der Waals surface area contributed by atoms with Crippen molar-refractivity contribution < 1.29 is 9.13 Å². The number of rotatable bonds is 2. The van der Waals surface area contributed by atoms with E-state index in [1.165, 1.54) is 13.2 Å². The van der Waals surface area contributed by atoms with Crippen molar-refractivity contribution in [3.8, 4) is 5.75 Å². The van der Waals surface area contributed by atoms with Gasteiger partial charge in [-0.2, -0.15) is 0 Å². The highest BCUT2D eigenvalue weighted by Gasteiger charge is 2.20. The summed E-state index contributed by atoms with van der Waals surface area (Å²) in [5, 5.41) is 0. The summed E-state index contributed by atoms with van der Waals surface area (Å²) in [7, 11) is 1.52. The predicted molar refractivity (Wildman–Crippen MR) is 54.9 cm³/mol. The van der Waals surface area contributed by atoms with Crippen molar-refractivity contribution in [2.75, 3.05) is 7.11 Å². The highest BCUT2D eigenvalue weighted by molar-refractivity contribution is 5.39. The van der Waals surface area contributed by atoms with Crippen molar-refractivity contribution in [3.63, 3.8) is 0 Å². The van der Waals surface area contributed by atoms with Crippen LogP contribution in [0, 0.1) is 12.7 Å². The zero-order chi connectivity index (χ0) is 10.9. The molecule has 1 rings (SSSR count). The molecule has 78 valence electrons. The van der Waals surface area contributed by atoms with E-state index in [9.17, 15) is 4.39 Å². The van der Waals surface area contributed by atoms with Crippen LogP contribution in [0.3, 0.4) is 0 Å². The fourth-order valence-corrected chi connectivity index (χ4v) is 1.38. The Kier molecular flexibility index (Phi) is 2.81. The molecule has 0 atom stereocenters. The van der Waals surface area contributed by atoms with Crippen LogP contribution in [0.4, 0.5) is 4.39 Å². The Bertz CT molecular complexity index is 342. The van der Waals surface area contributed by atoms with E-state index in [4.69, 9.17) is 10.5 Å². The molecule has 1 aromatic carbocycles. The third kappa shape index (κ3) is 2.04. The fourth-order valence-electron chi connectivity index (χ4n) is 1.38. The molecule has 0 radical (unpaired) electrons. The molecule has 0 amide bonds. The lowest BCUT2D eigenvalue weighted by Crippen LogP contribution is -2.30. The molecular weight excluding hydrogens is 181 g/mol. The topological polar surface area (TPSA) is 35.2 Å². The summed E-state index contributed by atoms with van der Waals surface area (Å²) in [5.74, 6) is 0.232. The van der Waals surface area contributed by atoms with Crippen LogP contribution in [-0.4, -0.2) is 7.11 Å². The van der Waals surface area contributed by atoms with E-state index in [-0.39, 0.29) is 5.82 Å². The van der Waals surface area contributed by atoms with Crippen LogP contribution >= 0.6 is 0 Å². The van der Waals surface area contributed by atoms with Crippen LogP contribution < -0.4 is 10.5 Å². The molecule has 2 N–H and O–H groups in total. The van der Waals surface area contributed by atoms with Gasteiger partial charge in [-0.15, -0.1) is 0 Å². The summed E-state index contributed by atoms with van der Waals surface area (Å²) in [6, 6.07) is 3.10. The highest BCUT2D eigenvalue weighted by atomic mass is 19.1. The summed E-state index contributed by atoms with van der Waals surface area (Å²) >= 11 is 0. The number of nitrogens with two attached hydrogens (primary N) is 1. The van der Waals surface area contributed by atoms with Crippen molar-refractivity contribution in [1.29, 1.82) is 0 Å². The molecule has 0 fully saturated rings. The molecule has 0 aliphatic rings. The van der Waals surface area contributed by atoms with Gasteiger partial charge in [0.1, 0.15) is 11.6 Å². The highest BCUT2D eigenvalue weighted by Crippen LogP contribution is 2.27. The Balaban J connectivity index is 3.29. The van der Waals surface area contributed by atoms with Crippen molar-refractivity contribution in [1.82, 2.24) is 0 Å². The van der Waals surface area contributed by atoms with Crippen LogP contribution in [0.15, 0.2) is 12.1 Å². The standard InChI is InChI=1S/C11H16FNO/c1-7-5-8(11(2,3)13)9(12)6-10(7)14-4/h5-6H,13H2,1-4H3. The largest absolute Gasteiger partial charge is 0.496 e. The number of hydrogen-bond donors (Lipinski definition) is 1. The molecular formula is C11H16FNO. The van der Waals surface area contributed by atoms with Gasteiger partial charge in [0, 0.05) is 17.2 Å². The van der Waals surface area contributed by atoms with Gasteiger partial charge in [0.25, 0.3) is 0 Å². The molecule has 0 aromatic heterocycles. The summed E-state index contributed by atoms with van der Waals surface area (Å²) in [6.45, 7) is 5.42. The number of methoxy groups -OCH3 is 1. The van der Waals surface area contributed by atoms with Gasteiger partial charge in [-0.3, -0.25) is 0 Å².